The van der Waals surface area contributed by atoms with Gasteiger partial charge < -0.3 is 23.7 Å². The van der Waals surface area contributed by atoms with E-state index in [2.05, 4.69) is 0 Å². The average Bonchev–Trinajstić information content (AvgIpc) is 3.02. The Labute approximate surface area is 126 Å². The second kappa shape index (κ2) is 5.14. The van der Waals surface area contributed by atoms with Crippen molar-refractivity contribution in [1.29, 1.82) is 0 Å². The predicted molar refractivity (Wildman–Crippen MR) is 74.6 cm³/mol. The minimum Gasteiger partial charge on any atom is -0.485 e. The summed E-state index contributed by atoms with van der Waals surface area (Å²) in [6.07, 6.45) is -0.805. The van der Waals surface area contributed by atoms with E-state index >= 15 is 0 Å². The zero-order chi connectivity index (χ0) is 14.9. The highest BCUT2D eigenvalue weighted by atomic mass is 16.7. The lowest BCUT2D eigenvalue weighted by Crippen LogP contribution is -2.39. The maximum absolute atomic E-state index is 12.2. The van der Waals surface area contributed by atoms with Gasteiger partial charge in [0.05, 0.1) is 0 Å². The van der Waals surface area contributed by atoms with E-state index in [4.69, 9.17) is 23.7 Å². The van der Waals surface area contributed by atoms with Crippen LogP contribution in [0, 0.1) is 0 Å². The Hall–Kier alpha value is -2.89. The molecule has 0 aromatic heterocycles. The summed E-state index contributed by atoms with van der Waals surface area (Å²) in [5.74, 6) is 2.18. The zero-order valence-electron chi connectivity index (χ0n) is 11.5. The summed E-state index contributed by atoms with van der Waals surface area (Å²) in [5.41, 5.74) is 0. The molecule has 2 aliphatic rings. The zero-order valence-corrected chi connectivity index (χ0v) is 11.5. The molecule has 6 nitrogen and oxygen atoms in total. The van der Waals surface area contributed by atoms with Crippen LogP contribution in [0.25, 0.3) is 0 Å². The Kier molecular flexibility index (Phi) is 3.00. The molecule has 0 spiro atoms. The van der Waals surface area contributed by atoms with E-state index < -0.39 is 12.1 Å². The SMILES string of the molecule is O=C(Oc1ccc2c(c1)OCO2)C1COc2ccccc2O1. The summed E-state index contributed by atoms with van der Waals surface area (Å²) in [4.78, 5) is 12.2. The third-order valence-electron chi connectivity index (χ3n) is 3.33. The Morgan fingerprint density at radius 2 is 1.73 bits per heavy atom. The molecule has 6 heteroatoms. The number of carbonyl (C=O) groups excluding carboxylic acids is 1. The van der Waals surface area contributed by atoms with E-state index in [0.717, 1.165) is 0 Å². The van der Waals surface area contributed by atoms with Crippen molar-refractivity contribution in [2.75, 3.05) is 13.4 Å². The minimum atomic E-state index is -0.805. The number of hydrogen-bond acceptors (Lipinski definition) is 6. The molecule has 1 unspecified atom stereocenters. The first-order valence-corrected chi connectivity index (χ1v) is 6.79. The molecule has 112 valence electrons. The summed E-state index contributed by atoms with van der Waals surface area (Å²) in [6, 6.07) is 12.1. The highest BCUT2D eigenvalue weighted by Gasteiger charge is 2.29. The van der Waals surface area contributed by atoms with Crippen molar-refractivity contribution < 1.29 is 28.5 Å². The van der Waals surface area contributed by atoms with Crippen LogP contribution in [0.1, 0.15) is 0 Å². The third kappa shape index (κ3) is 2.28. The Morgan fingerprint density at radius 3 is 2.64 bits per heavy atom. The molecule has 0 fully saturated rings. The summed E-state index contributed by atoms with van der Waals surface area (Å²) in [6.45, 7) is 0.281. The van der Waals surface area contributed by atoms with Crippen LogP contribution in [-0.2, 0) is 4.79 Å². The lowest BCUT2D eigenvalue weighted by atomic mass is 10.2. The van der Waals surface area contributed by atoms with Gasteiger partial charge in [-0.3, -0.25) is 0 Å². The maximum Gasteiger partial charge on any atom is 0.356 e. The molecule has 4 rings (SSSR count). The van der Waals surface area contributed by atoms with Gasteiger partial charge in [-0.25, -0.2) is 4.79 Å². The predicted octanol–water partition coefficient (Wildman–Crippen LogP) is 2.16. The lowest BCUT2D eigenvalue weighted by molar-refractivity contribution is -0.144. The smallest absolute Gasteiger partial charge is 0.356 e. The Bertz CT molecular complexity index is 726. The van der Waals surface area contributed by atoms with E-state index in [9.17, 15) is 4.79 Å². The van der Waals surface area contributed by atoms with E-state index in [1.165, 1.54) is 0 Å². The van der Waals surface area contributed by atoms with Gasteiger partial charge in [-0.2, -0.15) is 0 Å². The molecule has 0 aliphatic carbocycles. The number of carbonyl (C=O) groups is 1. The fourth-order valence-corrected chi connectivity index (χ4v) is 2.26. The van der Waals surface area contributed by atoms with E-state index in [-0.39, 0.29) is 13.4 Å². The number of rotatable bonds is 2. The fraction of sp³-hybridized carbons (Fsp3) is 0.188. The number of fused-ring (bicyclic) bond motifs is 2. The Morgan fingerprint density at radius 1 is 0.955 bits per heavy atom. The van der Waals surface area contributed by atoms with Crippen molar-refractivity contribution >= 4 is 5.97 Å². The van der Waals surface area contributed by atoms with Crippen LogP contribution >= 0.6 is 0 Å². The molecule has 0 bridgehead atoms. The fourth-order valence-electron chi connectivity index (χ4n) is 2.26. The summed E-state index contributed by atoms with van der Waals surface area (Å²) in [5, 5.41) is 0. The topological polar surface area (TPSA) is 63.2 Å². The molecule has 2 heterocycles. The van der Waals surface area contributed by atoms with Gasteiger partial charge in [-0.05, 0) is 24.3 Å². The van der Waals surface area contributed by atoms with Crippen molar-refractivity contribution in [3.63, 3.8) is 0 Å². The number of hydrogen-bond donors (Lipinski definition) is 0. The van der Waals surface area contributed by atoms with Crippen LogP contribution in [0.2, 0.25) is 0 Å². The van der Waals surface area contributed by atoms with Crippen LogP contribution in [0.5, 0.6) is 28.7 Å². The van der Waals surface area contributed by atoms with Gasteiger partial charge in [0.1, 0.15) is 12.4 Å². The van der Waals surface area contributed by atoms with Crippen LogP contribution in [0.15, 0.2) is 42.5 Å². The molecule has 0 saturated heterocycles. The molecular weight excluding hydrogens is 288 g/mol. The summed E-state index contributed by atoms with van der Waals surface area (Å²) in [7, 11) is 0. The van der Waals surface area contributed by atoms with Crippen LogP contribution in [0.3, 0.4) is 0 Å². The van der Waals surface area contributed by atoms with E-state index in [1.54, 1.807) is 30.3 Å². The molecular formula is C16H12O6. The van der Waals surface area contributed by atoms with Gasteiger partial charge in [0.15, 0.2) is 23.0 Å². The van der Waals surface area contributed by atoms with Crippen molar-refractivity contribution in [1.82, 2.24) is 0 Å². The molecule has 22 heavy (non-hydrogen) atoms. The van der Waals surface area contributed by atoms with Gasteiger partial charge >= 0.3 is 5.97 Å². The molecule has 2 aliphatic heterocycles. The van der Waals surface area contributed by atoms with Crippen molar-refractivity contribution in [3.05, 3.63) is 42.5 Å². The minimum absolute atomic E-state index is 0.112. The summed E-state index contributed by atoms with van der Waals surface area (Å²) < 4.78 is 26.9. The third-order valence-corrected chi connectivity index (χ3v) is 3.33. The van der Waals surface area contributed by atoms with E-state index in [1.807, 2.05) is 12.1 Å². The first-order valence-electron chi connectivity index (χ1n) is 6.79. The second-order valence-corrected chi connectivity index (χ2v) is 4.80. The highest BCUT2D eigenvalue weighted by Crippen LogP contribution is 2.35. The van der Waals surface area contributed by atoms with Crippen LogP contribution < -0.4 is 23.7 Å². The van der Waals surface area contributed by atoms with Crippen LogP contribution in [0.4, 0.5) is 0 Å². The molecule has 0 amide bonds. The van der Waals surface area contributed by atoms with Gasteiger partial charge in [-0.1, -0.05) is 12.1 Å². The average molecular weight is 300 g/mol. The quantitative estimate of drug-likeness (QED) is 0.625. The molecule has 0 radical (unpaired) electrons. The molecule has 2 aromatic rings. The van der Waals surface area contributed by atoms with Gasteiger partial charge in [0.25, 0.3) is 0 Å². The highest BCUT2D eigenvalue weighted by molar-refractivity contribution is 5.78. The number of benzene rings is 2. The lowest BCUT2D eigenvalue weighted by Gasteiger charge is -2.24. The first-order chi connectivity index (χ1) is 10.8. The van der Waals surface area contributed by atoms with Gasteiger partial charge in [-0.15, -0.1) is 0 Å². The number of ether oxygens (including phenoxy) is 5. The molecule has 0 saturated carbocycles. The van der Waals surface area contributed by atoms with Crippen molar-refractivity contribution in [2.24, 2.45) is 0 Å². The Balaban J connectivity index is 1.47. The van der Waals surface area contributed by atoms with Gasteiger partial charge in [0.2, 0.25) is 12.9 Å². The number of para-hydroxylation sites is 2. The molecule has 0 N–H and O–H groups in total. The maximum atomic E-state index is 12.2. The van der Waals surface area contributed by atoms with Gasteiger partial charge in [0, 0.05) is 6.07 Å². The van der Waals surface area contributed by atoms with Crippen LogP contribution in [-0.4, -0.2) is 25.5 Å². The van der Waals surface area contributed by atoms with Crippen molar-refractivity contribution in [2.45, 2.75) is 6.10 Å². The molecule has 2 aromatic carbocycles. The van der Waals surface area contributed by atoms with Crippen molar-refractivity contribution in [3.8, 4) is 28.7 Å². The summed E-state index contributed by atoms with van der Waals surface area (Å²) >= 11 is 0. The standard InChI is InChI=1S/C16H12O6/c17-16(15-8-18-11-3-1-2-4-13(11)22-15)21-10-5-6-12-14(7-10)20-9-19-12/h1-7,15H,8-9H2. The van der Waals surface area contributed by atoms with E-state index in [0.29, 0.717) is 28.7 Å². The first kappa shape index (κ1) is 12.8. The second-order valence-electron chi connectivity index (χ2n) is 4.80. The monoisotopic (exact) mass is 300 g/mol. The largest absolute Gasteiger partial charge is 0.485 e. The number of esters is 1. The normalized spacial score (nSPS) is 17.9. The molecule has 1 atom stereocenters.